The van der Waals surface area contributed by atoms with E-state index in [2.05, 4.69) is 11.9 Å². The Hall–Kier alpha value is -0.870. The molecule has 0 aliphatic heterocycles. The summed E-state index contributed by atoms with van der Waals surface area (Å²) in [5.74, 6) is -0.0542. The third-order valence-corrected chi connectivity index (χ3v) is 3.40. The Balaban J connectivity index is 2.38. The van der Waals surface area contributed by atoms with E-state index < -0.39 is 6.10 Å². The highest BCUT2D eigenvalue weighted by Crippen LogP contribution is 2.28. The largest absolute Gasteiger partial charge is 0.368 e. The van der Waals surface area contributed by atoms with Gasteiger partial charge >= 0.3 is 0 Å². The highest BCUT2D eigenvalue weighted by atomic mass is 16.5. The fourth-order valence-corrected chi connectivity index (χ4v) is 2.20. The number of nitrogens with two attached hydrogens (primary N) is 1. The molecule has 17 heavy (non-hydrogen) atoms. The van der Waals surface area contributed by atoms with Gasteiger partial charge in [0, 0.05) is 6.54 Å². The number of hydrogen-bond acceptors (Lipinski definition) is 3. The molecule has 1 aliphatic rings. The molecule has 0 aromatic rings. The molecule has 1 atom stereocenters. The molecule has 3 N–H and O–H groups in total. The maximum Gasteiger partial charge on any atom is 0.249 e. The van der Waals surface area contributed by atoms with Crippen molar-refractivity contribution in [3.8, 4) is 0 Å². The summed E-state index contributed by atoms with van der Waals surface area (Å²) in [6.45, 7) is 6.44. The van der Waals surface area contributed by atoms with Crippen molar-refractivity contribution in [3.05, 3.63) is 12.7 Å². The van der Waals surface area contributed by atoms with E-state index in [4.69, 9.17) is 10.5 Å². The maximum atomic E-state index is 11.9. The van der Waals surface area contributed by atoms with Gasteiger partial charge in [-0.3, -0.25) is 4.79 Å². The van der Waals surface area contributed by atoms with Crippen LogP contribution in [0.1, 0.15) is 39.0 Å². The molecule has 98 valence electrons. The summed E-state index contributed by atoms with van der Waals surface area (Å²) in [7, 11) is 0. The van der Waals surface area contributed by atoms with Crippen molar-refractivity contribution in [2.24, 2.45) is 5.73 Å². The van der Waals surface area contributed by atoms with Gasteiger partial charge in [-0.15, -0.1) is 6.58 Å². The Morgan fingerprint density at radius 2 is 2.24 bits per heavy atom. The van der Waals surface area contributed by atoms with Crippen LogP contribution in [0.15, 0.2) is 12.7 Å². The quantitative estimate of drug-likeness (QED) is 0.521. The van der Waals surface area contributed by atoms with Crippen LogP contribution in [0, 0.1) is 0 Å². The van der Waals surface area contributed by atoms with E-state index in [9.17, 15) is 4.79 Å². The molecule has 4 heteroatoms. The minimum Gasteiger partial charge on any atom is -0.368 e. The molecule has 0 bridgehead atoms. The molecule has 1 fully saturated rings. The number of amides is 1. The summed E-state index contributed by atoms with van der Waals surface area (Å²) in [4.78, 5) is 11.9. The molecule has 1 unspecified atom stereocenters. The standard InChI is InChI=1S/C13H24N2O2/c1-3-4-9-17-11(2)12(16)15-13(10-14)7-5-6-8-13/h3,11H,1,4-10,14H2,2H3,(H,15,16). The zero-order valence-corrected chi connectivity index (χ0v) is 10.7. The number of carbonyl (C=O) groups is 1. The first-order chi connectivity index (χ1) is 8.13. The van der Waals surface area contributed by atoms with E-state index >= 15 is 0 Å². The summed E-state index contributed by atoms with van der Waals surface area (Å²) in [6.07, 6.45) is 6.37. The highest BCUT2D eigenvalue weighted by Gasteiger charge is 2.34. The fraction of sp³-hybridized carbons (Fsp3) is 0.769. The number of nitrogens with one attached hydrogen (secondary N) is 1. The summed E-state index contributed by atoms with van der Waals surface area (Å²) in [6, 6.07) is 0. The molecule has 1 amide bonds. The van der Waals surface area contributed by atoms with Gasteiger partial charge in [0.05, 0.1) is 12.1 Å². The molecular formula is C13H24N2O2. The van der Waals surface area contributed by atoms with E-state index in [1.165, 1.54) is 0 Å². The van der Waals surface area contributed by atoms with Crippen molar-refractivity contribution >= 4 is 5.91 Å². The van der Waals surface area contributed by atoms with Crippen LogP contribution >= 0.6 is 0 Å². The SMILES string of the molecule is C=CCCOC(C)C(=O)NC1(CN)CCCC1. The number of carbonyl (C=O) groups excluding carboxylic acids is 1. The van der Waals surface area contributed by atoms with Gasteiger partial charge in [0.2, 0.25) is 5.91 Å². The van der Waals surface area contributed by atoms with E-state index in [0.29, 0.717) is 13.2 Å². The first kappa shape index (κ1) is 14.2. The van der Waals surface area contributed by atoms with E-state index in [0.717, 1.165) is 32.1 Å². The lowest BCUT2D eigenvalue weighted by atomic mass is 9.97. The lowest BCUT2D eigenvalue weighted by molar-refractivity contribution is -0.133. The van der Waals surface area contributed by atoms with Crippen molar-refractivity contribution < 1.29 is 9.53 Å². The minimum atomic E-state index is -0.418. The van der Waals surface area contributed by atoms with Gasteiger partial charge in [-0.05, 0) is 26.2 Å². The molecule has 0 heterocycles. The van der Waals surface area contributed by atoms with Crippen LogP contribution in [0.2, 0.25) is 0 Å². The first-order valence-corrected chi connectivity index (χ1v) is 6.38. The van der Waals surface area contributed by atoms with Gasteiger partial charge in [0.15, 0.2) is 0 Å². The van der Waals surface area contributed by atoms with Gasteiger partial charge in [0.25, 0.3) is 0 Å². The second-order valence-electron chi connectivity index (χ2n) is 4.77. The average Bonchev–Trinajstić information content (AvgIpc) is 2.78. The van der Waals surface area contributed by atoms with Crippen molar-refractivity contribution in [2.45, 2.75) is 50.7 Å². The van der Waals surface area contributed by atoms with Gasteiger partial charge in [0.1, 0.15) is 6.10 Å². The number of hydrogen-bond donors (Lipinski definition) is 2. The van der Waals surface area contributed by atoms with E-state index in [-0.39, 0.29) is 11.4 Å². The normalized spacial score (nSPS) is 19.9. The van der Waals surface area contributed by atoms with E-state index in [1.54, 1.807) is 13.0 Å². The molecule has 1 saturated carbocycles. The molecule has 1 aliphatic carbocycles. The van der Waals surface area contributed by atoms with Gasteiger partial charge in [-0.1, -0.05) is 18.9 Å². The summed E-state index contributed by atoms with van der Waals surface area (Å²) in [5.41, 5.74) is 5.58. The third kappa shape index (κ3) is 4.13. The zero-order valence-electron chi connectivity index (χ0n) is 10.7. The Morgan fingerprint density at radius 3 is 2.76 bits per heavy atom. The van der Waals surface area contributed by atoms with Crippen LogP contribution in [0.5, 0.6) is 0 Å². The molecule has 0 spiro atoms. The smallest absolute Gasteiger partial charge is 0.249 e. The van der Waals surface area contributed by atoms with Gasteiger partial charge < -0.3 is 15.8 Å². The molecule has 1 rings (SSSR count). The Morgan fingerprint density at radius 1 is 1.59 bits per heavy atom. The summed E-state index contributed by atoms with van der Waals surface area (Å²) in [5, 5.41) is 3.05. The summed E-state index contributed by atoms with van der Waals surface area (Å²) >= 11 is 0. The van der Waals surface area contributed by atoms with Crippen molar-refractivity contribution in [1.29, 1.82) is 0 Å². The average molecular weight is 240 g/mol. The third-order valence-electron chi connectivity index (χ3n) is 3.40. The minimum absolute atomic E-state index is 0.0542. The predicted molar refractivity (Wildman–Crippen MR) is 68.6 cm³/mol. The second kappa shape index (κ2) is 6.77. The Kier molecular flexibility index (Phi) is 5.65. The van der Waals surface area contributed by atoms with Gasteiger partial charge in [-0.25, -0.2) is 0 Å². The van der Waals surface area contributed by atoms with Crippen molar-refractivity contribution in [3.63, 3.8) is 0 Å². The van der Waals surface area contributed by atoms with Crippen molar-refractivity contribution in [1.82, 2.24) is 5.32 Å². The van der Waals surface area contributed by atoms with Crippen molar-refractivity contribution in [2.75, 3.05) is 13.2 Å². The van der Waals surface area contributed by atoms with Gasteiger partial charge in [-0.2, -0.15) is 0 Å². The van der Waals surface area contributed by atoms with Crippen LogP contribution < -0.4 is 11.1 Å². The molecule has 0 radical (unpaired) electrons. The van der Waals surface area contributed by atoms with Crippen LogP contribution in [-0.4, -0.2) is 30.7 Å². The zero-order chi connectivity index (χ0) is 12.7. The summed E-state index contributed by atoms with van der Waals surface area (Å²) < 4.78 is 5.42. The Bertz CT molecular complexity index is 260. The lowest BCUT2D eigenvalue weighted by Gasteiger charge is -2.30. The monoisotopic (exact) mass is 240 g/mol. The molecular weight excluding hydrogens is 216 g/mol. The molecule has 0 saturated heterocycles. The molecule has 4 nitrogen and oxygen atoms in total. The molecule has 0 aromatic heterocycles. The fourth-order valence-electron chi connectivity index (χ4n) is 2.20. The number of ether oxygens (including phenoxy) is 1. The van der Waals surface area contributed by atoms with Crippen LogP contribution in [0.25, 0.3) is 0 Å². The molecule has 0 aromatic carbocycles. The predicted octanol–water partition coefficient (Wildman–Crippen LogP) is 1.36. The Labute approximate surface area is 104 Å². The second-order valence-corrected chi connectivity index (χ2v) is 4.77. The first-order valence-electron chi connectivity index (χ1n) is 6.38. The highest BCUT2D eigenvalue weighted by molar-refractivity contribution is 5.81. The lowest BCUT2D eigenvalue weighted by Crippen LogP contribution is -2.54. The number of rotatable bonds is 7. The maximum absolute atomic E-state index is 11.9. The van der Waals surface area contributed by atoms with Crippen LogP contribution in [0.4, 0.5) is 0 Å². The van der Waals surface area contributed by atoms with Crippen LogP contribution in [0.3, 0.4) is 0 Å². The van der Waals surface area contributed by atoms with E-state index in [1.807, 2.05) is 0 Å². The topological polar surface area (TPSA) is 64.3 Å². The van der Waals surface area contributed by atoms with Crippen LogP contribution in [-0.2, 0) is 9.53 Å².